The highest BCUT2D eigenvalue weighted by Crippen LogP contribution is 2.23. The Balaban J connectivity index is 2.19. The van der Waals surface area contributed by atoms with Crippen LogP contribution in [-0.2, 0) is 7.05 Å². The van der Waals surface area contributed by atoms with E-state index in [1.165, 1.54) is 17.3 Å². The zero-order chi connectivity index (χ0) is 14.1. The Morgan fingerprint density at radius 2 is 2.10 bits per heavy atom. The maximum Gasteiger partial charge on any atom is 0.257 e. The molecule has 3 aromatic heterocycles. The van der Waals surface area contributed by atoms with Crippen LogP contribution in [0.2, 0.25) is 0 Å². The smallest absolute Gasteiger partial charge is 0.257 e. The van der Waals surface area contributed by atoms with Crippen LogP contribution in [0, 0.1) is 0 Å². The average molecular weight is 337 g/mol. The largest absolute Gasteiger partial charge is 0.357 e. The Labute approximate surface area is 121 Å². The summed E-state index contributed by atoms with van der Waals surface area (Å²) in [7, 11) is 3.48. The molecule has 0 atom stereocenters. The molecule has 11 heteroatoms. The standard InChI is InChI=1S/C9H9BrN10/c1-11-8-14-7(5-6(10)17-18-19(5)2)15-9(16-8)20-4-12-3-13-20/h3-4H,1-2H3,(H,11,14,15,16). The predicted molar refractivity (Wildman–Crippen MR) is 72.0 cm³/mol. The summed E-state index contributed by atoms with van der Waals surface area (Å²) in [4.78, 5) is 16.8. The lowest BCUT2D eigenvalue weighted by Gasteiger charge is -2.06. The lowest BCUT2D eigenvalue weighted by atomic mass is 10.4. The molecule has 0 fully saturated rings. The molecule has 0 aliphatic rings. The third-order valence-corrected chi connectivity index (χ3v) is 3.00. The first-order valence-electron chi connectivity index (χ1n) is 5.53. The maximum absolute atomic E-state index is 4.36. The summed E-state index contributed by atoms with van der Waals surface area (Å²) in [5.74, 6) is 1.19. The maximum atomic E-state index is 4.36. The highest BCUT2D eigenvalue weighted by Gasteiger charge is 2.17. The monoisotopic (exact) mass is 336 g/mol. The normalized spacial score (nSPS) is 10.8. The van der Waals surface area contributed by atoms with Crippen molar-refractivity contribution >= 4 is 21.9 Å². The van der Waals surface area contributed by atoms with Gasteiger partial charge in [-0.05, 0) is 15.9 Å². The van der Waals surface area contributed by atoms with Gasteiger partial charge in [-0.1, -0.05) is 5.21 Å². The van der Waals surface area contributed by atoms with Gasteiger partial charge >= 0.3 is 0 Å². The number of halogens is 1. The van der Waals surface area contributed by atoms with E-state index in [0.29, 0.717) is 28.0 Å². The molecule has 3 heterocycles. The molecule has 0 saturated heterocycles. The first kappa shape index (κ1) is 12.6. The molecule has 10 nitrogen and oxygen atoms in total. The molecular formula is C9H9BrN10. The fourth-order valence-electron chi connectivity index (χ4n) is 1.57. The van der Waals surface area contributed by atoms with Gasteiger partial charge in [0.1, 0.15) is 18.3 Å². The number of nitrogens with one attached hydrogen (secondary N) is 1. The molecular weight excluding hydrogens is 328 g/mol. The predicted octanol–water partition coefficient (Wildman–Crippen LogP) is 0.0520. The molecule has 0 saturated carbocycles. The van der Waals surface area contributed by atoms with E-state index in [0.717, 1.165) is 0 Å². The van der Waals surface area contributed by atoms with E-state index < -0.39 is 0 Å². The third-order valence-electron chi connectivity index (χ3n) is 2.47. The van der Waals surface area contributed by atoms with Crippen LogP contribution in [0.1, 0.15) is 0 Å². The molecule has 0 aliphatic heterocycles. The molecule has 0 amide bonds. The topological polar surface area (TPSA) is 112 Å². The lowest BCUT2D eigenvalue weighted by molar-refractivity contribution is 0.714. The van der Waals surface area contributed by atoms with E-state index in [4.69, 9.17) is 0 Å². The third kappa shape index (κ3) is 2.11. The van der Waals surface area contributed by atoms with Crippen LogP contribution in [0.5, 0.6) is 0 Å². The van der Waals surface area contributed by atoms with E-state index in [-0.39, 0.29) is 0 Å². The molecule has 1 N–H and O–H groups in total. The van der Waals surface area contributed by atoms with E-state index in [9.17, 15) is 0 Å². The molecule has 20 heavy (non-hydrogen) atoms. The summed E-state index contributed by atoms with van der Waals surface area (Å²) in [6.07, 6.45) is 2.92. The van der Waals surface area contributed by atoms with Crippen LogP contribution in [0.25, 0.3) is 17.5 Å². The van der Waals surface area contributed by atoms with Crippen LogP contribution >= 0.6 is 15.9 Å². The summed E-state index contributed by atoms with van der Waals surface area (Å²) in [5, 5.41) is 14.7. The summed E-state index contributed by atoms with van der Waals surface area (Å²) >= 11 is 3.32. The molecule has 0 unspecified atom stereocenters. The summed E-state index contributed by atoms with van der Waals surface area (Å²) in [5.41, 5.74) is 0.644. The Bertz CT molecular complexity index is 714. The Morgan fingerprint density at radius 1 is 1.25 bits per heavy atom. The zero-order valence-corrected chi connectivity index (χ0v) is 12.1. The fourth-order valence-corrected chi connectivity index (χ4v) is 2.07. The van der Waals surface area contributed by atoms with Crippen molar-refractivity contribution in [1.82, 2.24) is 44.7 Å². The first-order chi connectivity index (χ1) is 9.69. The van der Waals surface area contributed by atoms with E-state index in [2.05, 4.69) is 56.6 Å². The highest BCUT2D eigenvalue weighted by atomic mass is 79.9. The second-order valence-corrected chi connectivity index (χ2v) is 4.48. The summed E-state index contributed by atoms with van der Waals surface area (Å²) < 4.78 is 3.58. The Morgan fingerprint density at radius 3 is 2.70 bits per heavy atom. The number of rotatable bonds is 3. The lowest BCUT2D eigenvalue weighted by Crippen LogP contribution is -2.09. The average Bonchev–Trinajstić information content (AvgIpc) is 3.09. The molecule has 3 rings (SSSR count). The second kappa shape index (κ2) is 4.92. The molecule has 0 aliphatic carbocycles. The van der Waals surface area contributed by atoms with Crippen molar-refractivity contribution in [2.24, 2.45) is 7.05 Å². The van der Waals surface area contributed by atoms with Crippen LogP contribution < -0.4 is 5.32 Å². The molecule has 0 aromatic carbocycles. The van der Waals surface area contributed by atoms with Crippen molar-refractivity contribution in [1.29, 1.82) is 0 Å². The number of hydrogen-bond donors (Lipinski definition) is 1. The van der Waals surface area contributed by atoms with Crippen molar-refractivity contribution in [3.8, 4) is 17.5 Å². The van der Waals surface area contributed by atoms with Gasteiger partial charge in [0.2, 0.25) is 5.95 Å². The quantitative estimate of drug-likeness (QED) is 0.714. The van der Waals surface area contributed by atoms with Crippen LogP contribution in [-0.4, -0.2) is 51.8 Å². The van der Waals surface area contributed by atoms with Gasteiger partial charge in [0.15, 0.2) is 10.4 Å². The summed E-state index contributed by atoms with van der Waals surface area (Å²) in [6.45, 7) is 0. The van der Waals surface area contributed by atoms with Crippen molar-refractivity contribution < 1.29 is 0 Å². The minimum atomic E-state index is 0.352. The molecule has 0 spiro atoms. The minimum Gasteiger partial charge on any atom is -0.357 e. The number of hydrogen-bond acceptors (Lipinski definition) is 8. The molecule has 102 valence electrons. The molecule has 0 radical (unpaired) electrons. The second-order valence-electron chi connectivity index (χ2n) is 3.73. The van der Waals surface area contributed by atoms with Gasteiger partial charge in [0, 0.05) is 14.1 Å². The van der Waals surface area contributed by atoms with Gasteiger partial charge in [0.05, 0.1) is 0 Å². The van der Waals surface area contributed by atoms with Crippen molar-refractivity contribution in [3.63, 3.8) is 0 Å². The molecule has 3 aromatic rings. The van der Waals surface area contributed by atoms with E-state index in [1.54, 1.807) is 18.8 Å². The van der Waals surface area contributed by atoms with Crippen molar-refractivity contribution in [2.75, 3.05) is 12.4 Å². The van der Waals surface area contributed by atoms with E-state index >= 15 is 0 Å². The zero-order valence-electron chi connectivity index (χ0n) is 10.6. The number of aromatic nitrogens is 9. The molecule has 0 bridgehead atoms. The van der Waals surface area contributed by atoms with Gasteiger partial charge in [-0.2, -0.15) is 24.7 Å². The van der Waals surface area contributed by atoms with Crippen LogP contribution in [0.3, 0.4) is 0 Å². The highest BCUT2D eigenvalue weighted by molar-refractivity contribution is 9.10. The van der Waals surface area contributed by atoms with E-state index in [1.807, 2.05) is 0 Å². The summed E-state index contributed by atoms with van der Waals surface area (Å²) in [6, 6.07) is 0. The van der Waals surface area contributed by atoms with Gasteiger partial charge in [-0.15, -0.1) is 5.10 Å². The van der Waals surface area contributed by atoms with Gasteiger partial charge in [-0.25, -0.2) is 9.67 Å². The number of aryl methyl sites for hydroxylation is 1. The van der Waals surface area contributed by atoms with Crippen molar-refractivity contribution in [3.05, 3.63) is 17.3 Å². The van der Waals surface area contributed by atoms with Gasteiger partial charge < -0.3 is 5.32 Å². The van der Waals surface area contributed by atoms with Crippen molar-refractivity contribution in [2.45, 2.75) is 0 Å². The number of anilines is 1. The Hall–Kier alpha value is -2.43. The number of nitrogens with zero attached hydrogens (tertiary/aromatic N) is 9. The minimum absolute atomic E-state index is 0.352. The van der Waals surface area contributed by atoms with Crippen LogP contribution in [0.15, 0.2) is 17.3 Å². The SMILES string of the molecule is CNc1nc(-c2c(Br)nnn2C)nc(-n2cncn2)n1. The van der Waals surface area contributed by atoms with Gasteiger partial charge in [-0.3, -0.25) is 0 Å². The van der Waals surface area contributed by atoms with Gasteiger partial charge in [0.25, 0.3) is 5.95 Å². The first-order valence-corrected chi connectivity index (χ1v) is 6.32. The van der Waals surface area contributed by atoms with Crippen LogP contribution in [0.4, 0.5) is 5.95 Å². The Kier molecular flexibility index (Phi) is 3.10. The fraction of sp³-hybridized carbons (Fsp3) is 0.222.